The fourth-order valence-corrected chi connectivity index (χ4v) is 2.38. The van der Waals surface area contributed by atoms with Crippen LogP contribution in [0.15, 0.2) is 17.3 Å². The third kappa shape index (κ3) is 2.99. The molecule has 3 heterocycles. The van der Waals surface area contributed by atoms with E-state index in [1.54, 1.807) is 21.8 Å². The molecule has 0 saturated carbocycles. The highest BCUT2D eigenvalue weighted by Gasteiger charge is 2.35. The second-order valence-corrected chi connectivity index (χ2v) is 6.75. The Labute approximate surface area is 135 Å². The molecule has 0 aromatic carbocycles. The Morgan fingerprint density at radius 3 is 2.82 bits per heavy atom. The van der Waals surface area contributed by atoms with Gasteiger partial charge in [-0.3, -0.25) is 4.40 Å². The van der Waals surface area contributed by atoms with Crippen LogP contribution in [-0.2, 0) is 4.74 Å². The van der Waals surface area contributed by atoms with E-state index in [1.165, 1.54) is 0 Å². The average Bonchev–Trinajstić information content (AvgIpc) is 2.83. The zero-order chi connectivity index (χ0) is 15.9. The van der Waals surface area contributed by atoms with Crippen LogP contribution in [0.5, 0.6) is 5.75 Å². The molecule has 0 bridgehead atoms. The number of halogens is 1. The molecular formula is C13H16BrN5O3. The molecule has 3 rings (SSSR count). The first-order chi connectivity index (χ1) is 10.3. The highest BCUT2D eigenvalue weighted by atomic mass is 79.9. The number of rotatable bonds is 2. The van der Waals surface area contributed by atoms with Gasteiger partial charge in [0.25, 0.3) is 0 Å². The van der Waals surface area contributed by atoms with E-state index in [0.717, 1.165) is 0 Å². The molecule has 0 atom stereocenters. The van der Waals surface area contributed by atoms with Crippen LogP contribution in [0.25, 0.3) is 5.65 Å². The number of nitrogens with zero attached hydrogens (tertiary/aromatic N) is 5. The van der Waals surface area contributed by atoms with Gasteiger partial charge in [-0.05, 0) is 36.7 Å². The lowest BCUT2D eigenvalue weighted by Crippen LogP contribution is -2.57. The molecule has 118 valence electrons. The quantitative estimate of drug-likeness (QED) is 0.751. The van der Waals surface area contributed by atoms with Gasteiger partial charge in [-0.1, -0.05) is 0 Å². The summed E-state index contributed by atoms with van der Waals surface area (Å²) in [5.41, 5.74) is 0.0874. The zero-order valence-electron chi connectivity index (χ0n) is 12.5. The van der Waals surface area contributed by atoms with Gasteiger partial charge < -0.3 is 14.4 Å². The number of carbonyl (C=O) groups excluding carboxylic acids is 1. The lowest BCUT2D eigenvalue weighted by Gasteiger charge is -2.39. The summed E-state index contributed by atoms with van der Waals surface area (Å²) in [6, 6.07) is 0. The molecule has 1 aliphatic heterocycles. The van der Waals surface area contributed by atoms with Crippen LogP contribution in [0.1, 0.15) is 20.8 Å². The molecule has 9 heteroatoms. The van der Waals surface area contributed by atoms with Crippen molar-refractivity contribution < 1.29 is 14.3 Å². The molecule has 2 aromatic heterocycles. The van der Waals surface area contributed by atoms with Gasteiger partial charge in [-0.15, -0.1) is 10.2 Å². The first-order valence-electron chi connectivity index (χ1n) is 6.82. The van der Waals surface area contributed by atoms with Gasteiger partial charge >= 0.3 is 6.09 Å². The van der Waals surface area contributed by atoms with Crippen molar-refractivity contribution in [1.82, 2.24) is 24.5 Å². The SMILES string of the molecule is CC(C)(C)OC(=O)N1CC(Oc2cnc(Br)n3cnnc23)C1. The Balaban J connectivity index is 1.61. The van der Waals surface area contributed by atoms with E-state index in [1.807, 2.05) is 20.8 Å². The van der Waals surface area contributed by atoms with E-state index in [4.69, 9.17) is 9.47 Å². The van der Waals surface area contributed by atoms with Gasteiger partial charge in [-0.25, -0.2) is 9.78 Å². The van der Waals surface area contributed by atoms with Gasteiger partial charge in [0.05, 0.1) is 19.3 Å². The van der Waals surface area contributed by atoms with Crippen molar-refractivity contribution in [3.05, 3.63) is 17.3 Å². The van der Waals surface area contributed by atoms with Gasteiger partial charge in [0, 0.05) is 0 Å². The number of fused-ring (bicyclic) bond motifs is 1. The summed E-state index contributed by atoms with van der Waals surface area (Å²) >= 11 is 3.31. The number of amides is 1. The third-order valence-corrected chi connectivity index (χ3v) is 3.64. The summed E-state index contributed by atoms with van der Waals surface area (Å²) in [6.07, 6.45) is 2.71. The molecular weight excluding hydrogens is 354 g/mol. The number of likely N-dealkylation sites (tertiary alicyclic amines) is 1. The van der Waals surface area contributed by atoms with Crippen molar-refractivity contribution in [2.75, 3.05) is 13.1 Å². The van der Waals surface area contributed by atoms with Crippen molar-refractivity contribution >= 4 is 27.7 Å². The van der Waals surface area contributed by atoms with E-state index in [-0.39, 0.29) is 12.2 Å². The van der Waals surface area contributed by atoms with E-state index in [0.29, 0.717) is 29.2 Å². The monoisotopic (exact) mass is 369 g/mol. The van der Waals surface area contributed by atoms with Gasteiger partial charge in [0.2, 0.25) is 5.65 Å². The molecule has 0 N–H and O–H groups in total. The molecule has 1 amide bonds. The number of ether oxygens (including phenoxy) is 2. The summed E-state index contributed by atoms with van der Waals surface area (Å²) in [5.74, 6) is 0.537. The van der Waals surface area contributed by atoms with Crippen LogP contribution in [-0.4, -0.2) is 55.4 Å². The first-order valence-corrected chi connectivity index (χ1v) is 7.61. The van der Waals surface area contributed by atoms with Crippen molar-refractivity contribution in [1.29, 1.82) is 0 Å². The minimum absolute atomic E-state index is 0.101. The molecule has 2 aromatic rings. The molecule has 0 spiro atoms. The van der Waals surface area contributed by atoms with Gasteiger partial charge in [0.15, 0.2) is 10.5 Å². The minimum atomic E-state index is -0.494. The second kappa shape index (κ2) is 5.38. The molecule has 0 aliphatic carbocycles. The molecule has 22 heavy (non-hydrogen) atoms. The Hall–Kier alpha value is -1.90. The second-order valence-electron chi connectivity index (χ2n) is 6.04. The van der Waals surface area contributed by atoms with Crippen LogP contribution in [0, 0.1) is 0 Å². The Morgan fingerprint density at radius 1 is 1.41 bits per heavy atom. The zero-order valence-corrected chi connectivity index (χ0v) is 14.1. The fourth-order valence-electron chi connectivity index (χ4n) is 2.02. The summed E-state index contributed by atoms with van der Waals surface area (Å²) < 4.78 is 13.4. The molecule has 1 aliphatic rings. The summed E-state index contributed by atoms with van der Waals surface area (Å²) in [5, 5.41) is 7.84. The van der Waals surface area contributed by atoms with Crippen molar-refractivity contribution in [2.24, 2.45) is 0 Å². The molecule has 8 nitrogen and oxygen atoms in total. The maximum atomic E-state index is 11.9. The Morgan fingerprint density at radius 2 is 2.14 bits per heavy atom. The summed E-state index contributed by atoms with van der Waals surface area (Å²) in [7, 11) is 0. The summed E-state index contributed by atoms with van der Waals surface area (Å²) in [4.78, 5) is 17.6. The highest BCUT2D eigenvalue weighted by Crippen LogP contribution is 2.24. The number of hydrogen-bond acceptors (Lipinski definition) is 6. The smallest absolute Gasteiger partial charge is 0.410 e. The largest absolute Gasteiger partial charge is 0.481 e. The van der Waals surface area contributed by atoms with E-state index >= 15 is 0 Å². The predicted octanol–water partition coefficient (Wildman–Crippen LogP) is 1.88. The normalized spacial score (nSPS) is 15.7. The number of carbonyl (C=O) groups is 1. The van der Waals surface area contributed by atoms with Crippen molar-refractivity contribution in [3.8, 4) is 5.75 Å². The van der Waals surface area contributed by atoms with Crippen LogP contribution in [0.2, 0.25) is 0 Å². The standard InChI is InChI=1S/C13H16BrN5O3/c1-13(2,3)22-12(20)18-5-8(6-18)21-9-4-15-11(14)19-7-16-17-10(9)19/h4,7-8H,5-6H2,1-3H3. The lowest BCUT2D eigenvalue weighted by molar-refractivity contribution is -0.0219. The van der Waals surface area contributed by atoms with Crippen molar-refractivity contribution in [2.45, 2.75) is 32.5 Å². The third-order valence-electron chi connectivity index (χ3n) is 3.05. The highest BCUT2D eigenvalue weighted by molar-refractivity contribution is 9.10. The topological polar surface area (TPSA) is 81.8 Å². The molecule has 0 radical (unpaired) electrons. The van der Waals surface area contributed by atoms with Gasteiger partial charge in [-0.2, -0.15) is 0 Å². The van der Waals surface area contributed by atoms with Crippen molar-refractivity contribution in [3.63, 3.8) is 0 Å². The lowest BCUT2D eigenvalue weighted by atomic mass is 10.1. The molecule has 1 saturated heterocycles. The number of hydrogen-bond donors (Lipinski definition) is 0. The van der Waals surface area contributed by atoms with Crippen LogP contribution >= 0.6 is 15.9 Å². The van der Waals surface area contributed by atoms with Crippen LogP contribution in [0.3, 0.4) is 0 Å². The van der Waals surface area contributed by atoms with Crippen LogP contribution in [0.4, 0.5) is 4.79 Å². The fraction of sp³-hybridized carbons (Fsp3) is 0.538. The molecule has 0 unspecified atom stereocenters. The first kappa shape index (κ1) is 15.0. The van der Waals surface area contributed by atoms with E-state index in [2.05, 4.69) is 31.1 Å². The van der Waals surface area contributed by atoms with E-state index < -0.39 is 5.60 Å². The average molecular weight is 370 g/mol. The minimum Gasteiger partial charge on any atom is -0.481 e. The Kier molecular flexibility index (Phi) is 3.67. The molecule has 1 fully saturated rings. The van der Waals surface area contributed by atoms with E-state index in [9.17, 15) is 4.79 Å². The maximum absolute atomic E-state index is 11.9. The summed E-state index contributed by atoms with van der Waals surface area (Å²) in [6.45, 7) is 6.48. The Bertz CT molecular complexity index is 705. The van der Waals surface area contributed by atoms with Crippen LogP contribution < -0.4 is 4.74 Å². The predicted molar refractivity (Wildman–Crippen MR) is 80.7 cm³/mol. The van der Waals surface area contributed by atoms with Gasteiger partial charge in [0.1, 0.15) is 18.0 Å². The number of aromatic nitrogens is 4. The maximum Gasteiger partial charge on any atom is 0.410 e.